The van der Waals surface area contributed by atoms with E-state index in [0.29, 0.717) is 31.0 Å². The number of fused-ring (bicyclic) bond motifs is 1. The number of aliphatic hydroxyl groups excluding tert-OH is 1. The van der Waals surface area contributed by atoms with E-state index in [4.69, 9.17) is 0 Å². The molecule has 2 atom stereocenters. The zero-order valence-electron chi connectivity index (χ0n) is 13.5. The van der Waals surface area contributed by atoms with Gasteiger partial charge in [0.15, 0.2) is 0 Å². The van der Waals surface area contributed by atoms with Gasteiger partial charge in [-0.25, -0.2) is 0 Å². The van der Waals surface area contributed by atoms with Crippen LogP contribution in [-0.2, 0) is 17.6 Å². The summed E-state index contributed by atoms with van der Waals surface area (Å²) in [5.74, 6) is 0.293. The van der Waals surface area contributed by atoms with Crippen molar-refractivity contribution in [3.05, 3.63) is 16.0 Å². The number of hydrogen-bond acceptors (Lipinski definition) is 5. The third-order valence-corrected chi connectivity index (χ3v) is 6.15. The van der Waals surface area contributed by atoms with Crippen LogP contribution in [0.15, 0.2) is 0 Å². The fourth-order valence-electron chi connectivity index (χ4n) is 3.38. The number of hydrogen-bond donors (Lipinski definition) is 2. The van der Waals surface area contributed by atoms with Crippen LogP contribution >= 0.6 is 11.3 Å². The molecular weight excluding hydrogens is 310 g/mol. The highest BCUT2D eigenvalue weighted by atomic mass is 32.1. The van der Waals surface area contributed by atoms with E-state index in [9.17, 15) is 15.2 Å². The second-order valence-electron chi connectivity index (χ2n) is 6.61. The van der Waals surface area contributed by atoms with Gasteiger partial charge in [0, 0.05) is 24.4 Å². The minimum Gasteiger partial charge on any atom is -0.392 e. The van der Waals surface area contributed by atoms with Gasteiger partial charge in [-0.3, -0.25) is 4.79 Å². The van der Waals surface area contributed by atoms with Crippen molar-refractivity contribution in [1.29, 1.82) is 5.26 Å². The molecule has 2 heterocycles. The fourth-order valence-corrected chi connectivity index (χ4v) is 4.63. The van der Waals surface area contributed by atoms with Crippen LogP contribution in [0.2, 0.25) is 0 Å². The summed E-state index contributed by atoms with van der Waals surface area (Å²) in [7, 11) is 0. The minimum absolute atomic E-state index is 0.0467. The van der Waals surface area contributed by atoms with Crippen molar-refractivity contribution < 1.29 is 9.90 Å². The van der Waals surface area contributed by atoms with Gasteiger partial charge in [-0.15, -0.1) is 11.3 Å². The molecule has 5 nitrogen and oxygen atoms in total. The average Bonchev–Trinajstić information content (AvgIpc) is 3.09. The van der Waals surface area contributed by atoms with Gasteiger partial charge < -0.3 is 15.3 Å². The van der Waals surface area contributed by atoms with Crippen LogP contribution in [-0.4, -0.2) is 41.7 Å². The van der Waals surface area contributed by atoms with E-state index >= 15 is 0 Å². The molecule has 0 radical (unpaired) electrons. The van der Waals surface area contributed by atoms with Crippen LogP contribution in [0.25, 0.3) is 0 Å². The van der Waals surface area contributed by atoms with Gasteiger partial charge in [-0.05, 0) is 43.7 Å². The minimum atomic E-state index is -0.294. The molecule has 2 aliphatic rings. The van der Waals surface area contributed by atoms with Crippen LogP contribution in [0.3, 0.4) is 0 Å². The summed E-state index contributed by atoms with van der Waals surface area (Å²) in [6.07, 6.45) is 4.16. The van der Waals surface area contributed by atoms with Gasteiger partial charge in [0.2, 0.25) is 5.91 Å². The topological polar surface area (TPSA) is 76.4 Å². The molecule has 0 spiro atoms. The summed E-state index contributed by atoms with van der Waals surface area (Å²) in [6, 6.07) is 2.25. The molecule has 3 rings (SSSR count). The first-order valence-electron chi connectivity index (χ1n) is 8.33. The molecule has 1 aromatic rings. The van der Waals surface area contributed by atoms with Crippen molar-refractivity contribution in [2.45, 2.75) is 45.1 Å². The molecule has 1 amide bonds. The van der Waals surface area contributed by atoms with Gasteiger partial charge >= 0.3 is 0 Å². The van der Waals surface area contributed by atoms with Gasteiger partial charge in [-0.1, -0.05) is 6.92 Å². The number of aliphatic hydroxyl groups is 1. The molecule has 1 fully saturated rings. The molecule has 0 aromatic carbocycles. The van der Waals surface area contributed by atoms with Crippen LogP contribution in [0.1, 0.15) is 42.2 Å². The highest BCUT2D eigenvalue weighted by Crippen LogP contribution is 2.38. The number of nitriles is 1. The number of nitrogens with one attached hydrogen (secondary N) is 1. The average molecular weight is 333 g/mol. The lowest BCUT2D eigenvalue weighted by Gasteiger charge is -2.34. The van der Waals surface area contributed by atoms with Crippen LogP contribution < -0.4 is 5.32 Å². The Morgan fingerprint density at radius 3 is 3.09 bits per heavy atom. The first kappa shape index (κ1) is 16.4. The summed E-state index contributed by atoms with van der Waals surface area (Å²) in [6.45, 7) is 4.30. The van der Waals surface area contributed by atoms with Crippen molar-refractivity contribution in [2.24, 2.45) is 5.92 Å². The zero-order valence-corrected chi connectivity index (χ0v) is 14.3. The third kappa shape index (κ3) is 3.57. The number of amides is 1. The van der Waals surface area contributed by atoms with E-state index < -0.39 is 0 Å². The van der Waals surface area contributed by atoms with Gasteiger partial charge in [-0.2, -0.15) is 5.26 Å². The highest BCUT2D eigenvalue weighted by molar-refractivity contribution is 7.16. The number of anilines is 1. The number of carbonyl (C=O) groups is 1. The molecule has 1 aliphatic heterocycles. The molecule has 1 aliphatic carbocycles. The summed E-state index contributed by atoms with van der Waals surface area (Å²) in [5, 5.41) is 22.9. The molecule has 0 saturated carbocycles. The van der Waals surface area contributed by atoms with Crippen molar-refractivity contribution in [1.82, 2.24) is 4.90 Å². The number of nitrogens with zero attached hydrogens (tertiary/aromatic N) is 2. The van der Waals surface area contributed by atoms with Gasteiger partial charge in [0.05, 0.1) is 11.7 Å². The lowest BCUT2D eigenvalue weighted by atomic mass is 9.96. The van der Waals surface area contributed by atoms with Crippen molar-refractivity contribution >= 4 is 22.2 Å². The quantitative estimate of drug-likeness (QED) is 0.885. The summed E-state index contributed by atoms with van der Waals surface area (Å²) in [5.41, 5.74) is 1.80. The maximum absolute atomic E-state index is 12.2. The van der Waals surface area contributed by atoms with Crippen LogP contribution in [0, 0.1) is 17.2 Å². The highest BCUT2D eigenvalue weighted by Gasteiger charge is 2.25. The van der Waals surface area contributed by atoms with E-state index in [1.165, 1.54) is 4.88 Å². The number of piperidine rings is 1. The molecule has 2 N–H and O–H groups in total. The van der Waals surface area contributed by atoms with Crippen molar-refractivity contribution in [3.8, 4) is 6.07 Å². The maximum atomic E-state index is 12.2. The molecule has 124 valence electrons. The first-order valence-corrected chi connectivity index (χ1v) is 9.15. The Kier molecular flexibility index (Phi) is 5.00. The summed E-state index contributed by atoms with van der Waals surface area (Å²) >= 11 is 1.56. The Bertz CT molecular complexity index is 635. The fraction of sp³-hybridized carbons (Fsp3) is 0.647. The molecule has 1 saturated heterocycles. The predicted octanol–water partition coefficient (Wildman–Crippen LogP) is 2.14. The van der Waals surface area contributed by atoms with Crippen LogP contribution in [0.5, 0.6) is 0 Å². The number of carbonyl (C=O) groups excluding carboxylic acids is 1. The third-order valence-electron chi connectivity index (χ3n) is 4.94. The molecule has 2 unspecified atom stereocenters. The molecular formula is C17H23N3O2S. The number of β-amino-alcohol motifs (C(OH)–C–C–N with tert-alkyl or cyclic N) is 1. The van der Waals surface area contributed by atoms with E-state index in [2.05, 4.69) is 23.2 Å². The number of rotatable bonds is 4. The predicted molar refractivity (Wildman–Crippen MR) is 90.5 cm³/mol. The van der Waals surface area contributed by atoms with Gasteiger partial charge in [0.1, 0.15) is 11.1 Å². The Hall–Kier alpha value is -1.42. The monoisotopic (exact) mass is 333 g/mol. The standard InChI is InChI=1S/C17H23N3O2S/c1-11-5-7-20(10-14(11)21)8-6-16(22)19-17-13(9-18)12-3-2-4-15(12)23-17/h11,14,21H,2-8,10H2,1H3,(H,19,22). The van der Waals surface area contributed by atoms with Crippen molar-refractivity contribution in [2.75, 3.05) is 25.0 Å². The van der Waals surface area contributed by atoms with E-state index in [1.807, 2.05) is 0 Å². The van der Waals surface area contributed by atoms with E-state index in [1.54, 1.807) is 11.3 Å². The van der Waals surface area contributed by atoms with E-state index in [-0.39, 0.29) is 12.0 Å². The molecule has 0 bridgehead atoms. The number of aryl methyl sites for hydroxylation is 1. The maximum Gasteiger partial charge on any atom is 0.226 e. The largest absolute Gasteiger partial charge is 0.392 e. The Morgan fingerprint density at radius 1 is 1.52 bits per heavy atom. The Balaban J connectivity index is 1.53. The second kappa shape index (κ2) is 7.00. The molecule has 6 heteroatoms. The smallest absolute Gasteiger partial charge is 0.226 e. The molecule has 23 heavy (non-hydrogen) atoms. The number of thiophene rings is 1. The second-order valence-corrected chi connectivity index (χ2v) is 7.71. The summed E-state index contributed by atoms with van der Waals surface area (Å²) in [4.78, 5) is 15.6. The lowest BCUT2D eigenvalue weighted by Crippen LogP contribution is -2.43. The van der Waals surface area contributed by atoms with Crippen LogP contribution in [0.4, 0.5) is 5.00 Å². The van der Waals surface area contributed by atoms with Crippen molar-refractivity contribution in [3.63, 3.8) is 0 Å². The normalized spacial score (nSPS) is 24.2. The zero-order chi connectivity index (χ0) is 16.4. The number of likely N-dealkylation sites (tertiary alicyclic amines) is 1. The SMILES string of the molecule is CC1CCN(CCC(=O)Nc2sc3c(c2C#N)CCC3)CC1O. The van der Waals surface area contributed by atoms with E-state index in [0.717, 1.165) is 42.8 Å². The summed E-state index contributed by atoms with van der Waals surface area (Å²) < 4.78 is 0. The first-order chi connectivity index (χ1) is 11.1. The molecule has 1 aromatic heterocycles. The lowest BCUT2D eigenvalue weighted by molar-refractivity contribution is -0.116. The Morgan fingerprint density at radius 2 is 2.35 bits per heavy atom. The Labute approximate surface area is 140 Å². The van der Waals surface area contributed by atoms with Gasteiger partial charge in [0.25, 0.3) is 0 Å².